The zero-order valence-corrected chi connectivity index (χ0v) is 12.0. The summed E-state index contributed by atoms with van der Waals surface area (Å²) in [6.45, 7) is 5.33. The maximum Gasteiger partial charge on any atom is 0.128 e. The summed E-state index contributed by atoms with van der Waals surface area (Å²) in [4.78, 5) is 0. The van der Waals surface area contributed by atoms with Crippen LogP contribution in [0, 0.1) is 11.8 Å². The molecule has 0 bridgehead atoms. The minimum absolute atomic E-state index is 0.568. The zero-order chi connectivity index (χ0) is 13.5. The quantitative estimate of drug-likeness (QED) is 0.835. The van der Waals surface area contributed by atoms with Gasteiger partial charge in [-0.25, -0.2) is 0 Å². The van der Waals surface area contributed by atoms with E-state index in [0.29, 0.717) is 11.8 Å². The third-order valence-electron chi connectivity index (χ3n) is 5.08. The molecule has 1 N–H and O–H groups in total. The molecular formula is C17H24O2. The molecule has 0 spiro atoms. The third kappa shape index (κ3) is 2.27. The molecule has 1 heterocycles. The standard InChI is InChI=1S/C17H24O2/c1-12-8-9-17(18,11-13(12)2)15-7-3-5-14-6-4-10-19-16(14)15/h3,5,7,12-13,18H,4,6,8-11H2,1-2H3. The van der Waals surface area contributed by atoms with E-state index in [9.17, 15) is 5.11 Å². The molecule has 2 nitrogen and oxygen atoms in total. The van der Waals surface area contributed by atoms with Gasteiger partial charge in [-0.1, -0.05) is 32.0 Å². The van der Waals surface area contributed by atoms with Gasteiger partial charge in [-0.05, 0) is 49.5 Å². The van der Waals surface area contributed by atoms with Crippen molar-refractivity contribution in [3.63, 3.8) is 0 Å². The van der Waals surface area contributed by atoms with E-state index < -0.39 is 5.60 Å². The van der Waals surface area contributed by atoms with E-state index in [-0.39, 0.29) is 0 Å². The molecular weight excluding hydrogens is 236 g/mol. The van der Waals surface area contributed by atoms with Crippen LogP contribution in [0.1, 0.15) is 50.7 Å². The first-order valence-electron chi connectivity index (χ1n) is 7.58. The fourth-order valence-electron chi connectivity index (χ4n) is 3.59. The van der Waals surface area contributed by atoms with Crippen LogP contribution in [0.15, 0.2) is 18.2 Å². The number of hydrogen-bond donors (Lipinski definition) is 1. The smallest absolute Gasteiger partial charge is 0.128 e. The fourth-order valence-corrected chi connectivity index (χ4v) is 3.59. The molecule has 1 aromatic rings. The van der Waals surface area contributed by atoms with Crippen molar-refractivity contribution in [2.24, 2.45) is 11.8 Å². The lowest BCUT2D eigenvalue weighted by Gasteiger charge is -2.40. The number of fused-ring (bicyclic) bond motifs is 1. The van der Waals surface area contributed by atoms with Gasteiger partial charge in [-0.2, -0.15) is 0 Å². The van der Waals surface area contributed by atoms with Crippen molar-refractivity contribution in [1.82, 2.24) is 0 Å². The van der Waals surface area contributed by atoms with Crippen molar-refractivity contribution >= 4 is 0 Å². The lowest BCUT2D eigenvalue weighted by molar-refractivity contribution is -0.0357. The summed E-state index contributed by atoms with van der Waals surface area (Å²) >= 11 is 0. The average molecular weight is 260 g/mol. The van der Waals surface area contributed by atoms with E-state index in [1.54, 1.807) is 0 Å². The summed E-state index contributed by atoms with van der Waals surface area (Å²) in [6, 6.07) is 6.27. The maximum absolute atomic E-state index is 11.1. The van der Waals surface area contributed by atoms with Crippen molar-refractivity contribution < 1.29 is 9.84 Å². The average Bonchev–Trinajstić information content (AvgIpc) is 2.43. The Labute approximate surface area is 115 Å². The summed E-state index contributed by atoms with van der Waals surface area (Å²) in [5.74, 6) is 2.25. The Bertz CT molecular complexity index is 468. The monoisotopic (exact) mass is 260 g/mol. The molecule has 3 unspecified atom stereocenters. The highest BCUT2D eigenvalue weighted by Crippen LogP contribution is 2.46. The Morgan fingerprint density at radius 2 is 2.11 bits per heavy atom. The van der Waals surface area contributed by atoms with Gasteiger partial charge >= 0.3 is 0 Å². The van der Waals surface area contributed by atoms with Crippen LogP contribution in [0.25, 0.3) is 0 Å². The van der Waals surface area contributed by atoms with Gasteiger partial charge in [-0.15, -0.1) is 0 Å². The molecule has 2 aliphatic rings. The molecule has 3 atom stereocenters. The van der Waals surface area contributed by atoms with E-state index in [4.69, 9.17) is 4.74 Å². The number of hydrogen-bond acceptors (Lipinski definition) is 2. The maximum atomic E-state index is 11.1. The molecule has 2 heteroatoms. The van der Waals surface area contributed by atoms with Gasteiger partial charge in [0.25, 0.3) is 0 Å². The Kier molecular flexibility index (Phi) is 3.30. The van der Waals surface area contributed by atoms with Crippen molar-refractivity contribution in [2.45, 2.75) is 51.6 Å². The van der Waals surface area contributed by atoms with Gasteiger partial charge in [0.15, 0.2) is 0 Å². The van der Waals surface area contributed by atoms with Gasteiger partial charge in [0.05, 0.1) is 12.2 Å². The van der Waals surface area contributed by atoms with Crippen LogP contribution in [0.5, 0.6) is 5.75 Å². The largest absolute Gasteiger partial charge is 0.493 e. The first kappa shape index (κ1) is 13.0. The van der Waals surface area contributed by atoms with Crippen LogP contribution in [0.2, 0.25) is 0 Å². The Morgan fingerprint density at radius 3 is 2.89 bits per heavy atom. The lowest BCUT2D eigenvalue weighted by atomic mass is 9.70. The van der Waals surface area contributed by atoms with Gasteiger partial charge in [-0.3, -0.25) is 0 Å². The lowest BCUT2D eigenvalue weighted by Crippen LogP contribution is -2.36. The molecule has 0 aromatic heterocycles. The SMILES string of the molecule is CC1CCC(O)(c2cccc3c2OCCC3)CC1C. The highest BCUT2D eigenvalue weighted by Gasteiger charge is 2.39. The number of ether oxygens (including phenoxy) is 1. The van der Waals surface area contributed by atoms with Gasteiger partial charge in [0, 0.05) is 5.56 Å². The normalized spacial score (nSPS) is 34.5. The number of aryl methyl sites for hydroxylation is 1. The molecule has 1 aliphatic carbocycles. The van der Waals surface area contributed by atoms with Crippen LogP contribution < -0.4 is 4.74 Å². The zero-order valence-electron chi connectivity index (χ0n) is 12.0. The van der Waals surface area contributed by atoms with Gasteiger partial charge in [0.2, 0.25) is 0 Å². The second-order valence-corrected chi connectivity index (χ2v) is 6.47. The second-order valence-electron chi connectivity index (χ2n) is 6.47. The van der Waals surface area contributed by atoms with Crippen LogP contribution in [0.3, 0.4) is 0 Å². The van der Waals surface area contributed by atoms with E-state index in [2.05, 4.69) is 32.0 Å². The molecule has 0 saturated heterocycles. The van der Waals surface area contributed by atoms with Crippen molar-refractivity contribution in [2.75, 3.05) is 6.61 Å². The van der Waals surface area contributed by atoms with Crippen molar-refractivity contribution in [1.29, 1.82) is 0 Å². The third-order valence-corrected chi connectivity index (χ3v) is 5.08. The molecule has 0 radical (unpaired) electrons. The fraction of sp³-hybridized carbons (Fsp3) is 0.647. The molecule has 1 fully saturated rings. The highest BCUT2D eigenvalue weighted by molar-refractivity contribution is 5.46. The first-order chi connectivity index (χ1) is 9.10. The second kappa shape index (κ2) is 4.82. The predicted molar refractivity (Wildman–Crippen MR) is 76.3 cm³/mol. The van der Waals surface area contributed by atoms with Crippen LogP contribution in [-0.4, -0.2) is 11.7 Å². The molecule has 1 aromatic carbocycles. The minimum Gasteiger partial charge on any atom is -0.493 e. The van der Waals surface area contributed by atoms with E-state index in [1.807, 2.05) is 0 Å². The predicted octanol–water partition coefficient (Wildman–Crippen LogP) is 3.66. The molecule has 0 amide bonds. The molecule has 1 saturated carbocycles. The summed E-state index contributed by atoms with van der Waals surface area (Å²) in [6.07, 6.45) is 4.97. The van der Waals surface area contributed by atoms with Crippen LogP contribution in [-0.2, 0) is 12.0 Å². The van der Waals surface area contributed by atoms with Gasteiger partial charge < -0.3 is 9.84 Å². The minimum atomic E-state index is -0.686. The Balaban J connectivity index is 1.97. The Morgan fingerprint density at radius 1 is 1.26 bits per heavy atom. The topological polar surface area (TPSA) is 29.5 Å². The Hall–Kier alpha value is -1.02. The van der Waals surface area contributed by atoms with Crippen LogP contribution >= 0.6 is 0 Å². The van der Waals surface area contributed by atoms with Gasteiger partial charge in [0.1, 0.15) is 5.75 Å². The number of rotatable bonds is 1. The molecule has 19 heavy (non-hydrogen) atoms. The summed E-state index contributed by atoms with van der Waals surface area (Å²) in [5.41, 5.74) is 1.61. The molecule has 3 rings (SSSR count). The number of aliphatic hydroxyl groups is 1. The van der Waals surface area contributed by atoms with Crippen molar-refractivity contribution in [3.8, 4) is 5.75 Å². The van der Waals surface area contributed by atoms with E-state index in [0.717, 1.165) is 50.0 Å². The van der Waals surface area contributed by atoms with E-state index in [1.165, 1.54) is 5.56 Å². The molecule has 1 aliphatic heterocycles. The highest BCUT2D eigenvalue weighted by atomic mass is 16.5. The summed E-state index contributed by atoms with van der Waals surface area (Å²) in [7, 11) is 0. The number of benzene rings is 1. The van der Waals surface area contributed by atoms with Crippen molar-refractivity contribution in [3.05, 3.63) is 29.3 Å². The summed E-state index contributed by atoms with van der Waals surface area (Å²) in [5, 5.41) is 11.1. The first-order valence-corrected chi connectivity index (χ1v) is 7.58. The number of para-hydroxylation sites is 1. The molecule has 104 valence electrons. The van der Waals surface area contributed by atoms with E-state index >= 15 is 0 Å². The summed E-state index contributed by atoms with van der Waals surface area (Å²) < 4.78 is 5.88. The van der Waals surface area contributed by atoms with Crippen LogP contribution in [0.4, 0.5) is 0 Å².